The number of halogens is 1. The zero-order chi connectivity index (χ0) is 8.27. The minimum absolute atomic E-state index is 0.386. The lowest BCUT2D eigenvalue weighted by Gasteiger charge is -2.07. The van der Waals surface area contributed by atoms with Gasteiger partial charge in [-0.2, -0.15) is 0 Å². The average Bonchev–Trinajstić information content (AvgIpc) is 1.93. The van der Waals surface area contributed by atoms with Gasteiger partial charge in [0.1, 0.15) is 5.82 Å². The molecular formula is C8H10ClN2. The van der Waals surface area contributed by atoms with Crippen LogP contribution in [0.5, 0.6) is 0 Å². The van der Waals surface area contributed by atoms with Gasteiger partial charge >= 0.3 is 0 Å². The summed E-state index contributed by atoms with van der Waals surface area (Å²) in [6.07, 6.45) is 1.58. The first-order chi connectivity index (χ1) is 5.18. The maximum absolute atomic E-state index is 5.60. The van der Waals surface area contributed by atoms with E-state index in [2.05, 4.69) is 30.2 Å². The molecular weight excluding hydrogens is 160 g/mol. The molecule has 1 aromatic heterocycles. The van der Waals surface area contributed by atoms with E-state index in [0.29, 0.717) is 11.1 Å². The SMILES string of the molecule is CC(C)Nc1c[c]c(Cl)cn1. The molecule has 0 aliphatic heterocycles. The van der Waals surface area contributed by atoms with Gasteiger partial charge in [0.05, 0.1) is 5.02 Å². The number of anilines is 1. The van der Waals surface area contributed by atoms with Crippen molar-refractivity contribution in [3.8, 4) is 0 Å². The predicted molar refractivity (Wildman–Crippen MR) is 46.8 cm³/mol. The number of hydrogen-bond donors (Lipinski definition) is 1. The van der Waals surface area contributed by atoms with Crippen LogP contribution in [0.2, 0.25) is 5.02 Å². The Balaban J connectivity index is 2.66. The molecule has 1 rings (SSSR count). The van der Waals surface area contributed by atoms with Gasteiger partial charge in [-0.05, 0) is 19.9 Å². The van der Waals surface area contributed by atoms with Crippen LogP contribution in [0.25, 0.3) is 0 Å². The van der Waals surface area contributed by atoms with E-state index in [0.717, 1.165) is 5.82 Å². The van der Waals surface area contributed by atoms with E-state index in [9.17, 15) is 0 Å². The Morgan fingerprint density at radius 1 is 1.64 bits per heavy atom. The average molecular weight is 170 g/mol. The van der Waals surface area contributed by atoms with Gasteiger partial charge in [-0.3, -0.25) is 0 Å². The van der Waals surface area contributed by atoms with Crippen molar-refractivity contribution in [2.75, 3.05) is 5.32 Å². The molecule has 0 bridgehead atoms. The van der Waals surface area contributed by atoms with Crippen LogP contribution in [0.4, 0.5) is 5.82 Å². The van der Waals surface area contributed by atoms with E-state index in [1.807, 2.05) is 0 Å². The van der Waals surface area contributed by atoms with Crippen LogP contribution >= 0.6 is 11.6 Å². The van der Waals surface area contributed by atoms with E-state index in [1.54, 1.807) is 12.3 Å². The summed E-state index contributed by atoms with van der Waals surface area (Å²) in [5, 5.41) is 3.67. The summed E-state index contributed by atoms with van der Waals surface area (Å²) in [5.74, 6) is 0.810. The van der Waals surface area contributed by atoms with Crippen molar-refractivity contribution in [1.82, 2.24) is 4.98 Å². The molecule has 1 N–H and O–H groups in total. The third-order valence-electron chi connectivity index (χ3n) is 1.10. The summed E-state index contributed by atoms with van der Waals surface area (Å²) >= 11 is 5.60. The second-order valence-corrected chi connectivity index (χ2v) is 2.99. The Hall–Kier alpha value is -0.760. The molecule has 0 aliphatic carbocycles. The molecule has 11 heavy (non-hydrogen) atoms. The first-order valence-corrected chi connectivity index (χ1v) is 3.86. The summed E-state index contributed by atoms with van der Waals surface area (Å²) in [4.78, 5) is 4.04. The monoisotopic (exact) mass is 169 g/mol. The standard InChI is InChI=1S/C8H10ClN2/c1-6(2)11-8-4-3-7(9)5-10-8/h4-6H,1-2H3,(H,10,11). The smallest absolute Gasteiger partial charge is 0.126 e. The fourth-order valence-electron chi connectivity index (χ4n) is 0.713. The van der Waals surface area contributed by atoms with E-state index >= 15 is 0 Å². The first-order valence-electron chi connectivity index (χ1n) is 3.48. The van der Waals surface area contributed by atoms with Crippen LogP contribution in [0.1, 0.15) is 13.8 Å². The van der Waals surface area contributed by atoms with Gasteiger partial charge < -0.3 is 5.32 Å². The van der Waals surface area contributed by atoms with Crippen LogP contribution in [-0.4, -0.2) is 11.0 Å². The van der Waals surface area contributed by atoms with Crippen molar-refractivity contribution >= 4 is 17.4 Å². The number of rotatable bonds is 2. The minimum Gasteiger partial charge on any atom is -0.368 e. The summed E-state index contributed by atoms with van der Waals surface area (Å²) in [7, 11) is 0. The zero-order valence-corrected chi connectivity index (χ0v) is 7.31. The molecule has 1 radical (unpaired) electrons. The highest BCUT2D eigenvalue weighted by Crippen LogP contribution is 2.08. The molecule has 0 spiro atoms. The molecule has 0 fully saturated rings. The topological polar surface area (TPSA) is 24.9 Å². The molecule has 0 saturated heterocycles. The van der Waals surface area contributed by atoms with E-state index in [1.165, 1.54) is 0 Å². The number of aromatic nitrogens is 1. The molecule has 59 valence electrons. The van der Waals surface area contributed by atoms with E-state index in [4.69, 9.17) is 11.6 Å². The van der Waals surface area contributed by atoms with Crippen molar-refractivity contribution in [2.45, 2.75) is 19.9 Å². The molecule has 0 saturated carbocycles. The highest BCUT2D eigenvalue weighted by atomic mass is 35.5. The van der Waals surface area contributed by atoms with E-state index < -0.39 is 0 Å². The van der Waals surface area contributed by atoms with Gasteiger partial charge in [-0.25, -0.2) is 4.98 Å². The van der Waals surface area contributed by atoms with Crippen molar-refractivity contribution < 1.29 is 0 Å². The molecule has 0 aromatic carbocycles. The van der Waals surface area contributed by atoms with Crippen LogP contribution in [-0.2, 0) is 0 Å². The number of nitrogens with one attached hydrogen (secondary N) is 1. The minimum atomic E-state index is 0.386. The summed E-state index contributed by atoms with van der Waals surface area (Å²) in [5.41, 5.74) is 0. The third kappa shape index (κ3) is 2.76. The molecule has 0 atom stereocenters. The molecule has 1 heterocycles. The second kappa shape index (κ2) is 3.58. The lowest BCUT2D eigenvalue weighted by atomic mass is 10.4. The number of pyridine rings is 1. The molecule has 0 aliphatic rings. The van der Waals surface area contributed by atoms with Crippen molar-refractivity contribution in [3.63, 3.8) is 0 Å². The molecule has 3 heteroatoms. The number of nitrogens with zero attached hydrogens (tertiary/aromatic N) is 1. The van der Waals surface area contributed by atoms with Gasteiger partial charge in [-0.15, -0.1) is 0 Å². The molecule has 2 nitrogen and oxygen atoms in total. The van der Waals surface area contributed by atoms with Crippen LogP contribution in [0, 0.1) is 6.07 Å². The lowest BCUT2D eigenvalue weighted by molar-refractivity contribution is 0.889. The van der Waals surface area contributed by atoms with Crippen LogP contribution < -0.4 is 5.32 Å². The highest BCUT2D eigenvalue weighted by molar-refractivity contribution is 6.30. The van der Waals surface area contributed by atoms with Crippen LogP contribution in [0.3, 0.4) is 0 Å². The fraction of sp³-hybridized carbons (Fsp3) is 0.375. The molecule has 0 unspecified atom stereocenters. The van der Waals surface area contributed by atoms with Gasteiger partial charge in [-0.1, -0.05) is 11.6 Å². The van der Waals surface area contributed by atoms with Gasteiger partial charge in [0.2, 0.25) is 0 Å². The second-order valence-electron chi connectivity index (χ2n) is 2.58. The first kappa shape index (κ1) is 8.34. The van der Waals surface area contributed by atoms with Gasteiger partial charge in [0.25, 0.3) is 0 Å². The highest BCUT2D eigenvalue weighted by Gasteiger charge is 1.95. The fourth-order valence-corrected chi connectivity index (χ4v) is 0.816. The van der Waals surface area contributed by atoms with Crippen molar-refractivity contribution in [1.29, 1.82) is 0 Å². The Labute approximate surface area is 71.6 Å². The molecule has 0 amide bonds. The lowest BCUT2D eigenvalue weighted by Crippen LogP contribution is -2.10. The molecule has 1 aromatic rings. The Kier molecular flexibility index (Phi) is 2.71. The summed E-state index contributed by atoms with van der Waals surface area (Å²) < 4.78 is 0. The van der Waals surface area contributed by atoms with Crippen LogP contribution in [0.15, 0.2) is 12.3 Å². The Bertz CT molecular complexity index is 218. The maximum Gasteiger partial charge on any atom is 0.126 e. The zero-order valence-electron chi connectivity index (χ0n) is 6.56. The quantitative estimate of drug-likeness (QED) is 0.735. The largest absolute Gasteiger partial charge is 0.368 e. The summed E-state index contributed by atoms with van der Waals surface area (Å²) in [6, 6.07) is 4.97. The van der Waals surface area contributed by atoms with Crippen molar-refractivity contribution in [2.24, 2.45) is 0 Å². The van der Waals surface area contributed by atoms with Gasteiger partial charge in [0, 0.05) is 18.3 Å². The normalized spacial score (nSPS) is 10.2. The third-order valence-corrected chi connectivity index (χ3v) is 1.31. The van der Waals surface area contributed by atoms with Gasteiger partial charge in [0.15, 0.2) is 0 Å². The Morgan fingerprint density at radius 3 is 2.82 bits per heavy atom. The Morgan fingerprint density at radius 2 is 2.36 bits per heavy atom. The van der Waals surface area contributed by atoms with E-state index in [-0.39, 0.29) is 0 Å². The maximum atomic E-state index is 5.60. The predicted octanol–water partition coefficient (Wildman–Crippen LogP) is 2.36. The number of hydrogen-bond acceptors (Lipinski definition) is 2. The van der Waals surface area contributed by atoms with Crippen molar-refractivity contribution in [3.05, 3.63) is 23.4 Å². The summed E-state index contributed by atoms with van der Waals surface area (Å²) in [6.45, 7) is 4.10.